The van der Waals surface area contributed by atoms with Crippen molar-refractivity contribution in [3.63, 3.8) is 0 Å². The molecule has 2 N–H and O–H groups in total. The van der Waals surface area contributed by atoms with Gasteiger partial charge < -0.3 is 15.3 Å². The van der Waals surface area contributed by atoms with Gasteiger partial charge >= 0.3 is 0 Å². The molecule has 0 unspecified atom stereocenters. The minimum atomic E-state index is -1.25. The summed E-state index contributed by atoms with van der Waals surface area (Å²) in [7, 11) is 0. The zero-order chi connectivity index (χ0) is 24.6. The Morgan fingerprint density at radius 3 is 2.65 bits per heavy atom. The lowest BCUT2D eigenvalue weighted by Crippen LogP contribution is -2.56. The molecule has 2 amide bonds. The van der Waals surface area contributed by atoms with Crippen LogP contribution in [-0.4, -0.2) is 61.4 Å². The van der Waals surface area contributed by atoms with Gasteiger partial charge in [0.05, 0.1) is 36.5 Å². The predicted molar refractivity (Wildman–Crippen MR) is 125 cm³/mol. The van der Waals surface area contributed by atoms with Gasteiger partial charge in [-0.2, -0.15) is 0 Å². The molecule has 0 bridgehead atoms. The lowest BCUT2D eigenvalue weighted by Gasteiger charge is -2.40. The van der Waals surface area contributed by atoms with E-state index in [1.54, 1.807) is 54.9 Å². The highest BCUT2D eigenvalue weighted by atomic mass is 35.5. The fourth-order valence-electron chi connectivity index (χ4n) is 4.29. The lowest BCUT2D eigenvalue weighted by molar-refractivity contribution is -0.135. The molecule has 3 atom stereocenters. The van der Waals surface area contributed by atoms with Gasteiger partial charge in [-0.05, 0) is 35.6 Å². The van der Waals surface area contributed by atoms with Crippen molar-refractivity contribution in [2.24, 2.45) is 5.41 Å². The Hall–Kier alpha value is -3.04. The SMILES string of the molecule is CC(C)(C)[C@H](O)C(=O)N[C@@H]1CN(C(=O)c2cncc3cncn23)CC[C@H]1c1cc(F)cc(Cl)c1. The Labute approximate surface area is 201 Å². The monoisotopic (exact) mass is 487 g/mol. The Balaban J connectivity index is 1.63. The van der Waals surface area contributed by atoms with E-state index in [4.69, 9.17) is 11.6 Å². The summed E-state index contributed by atoms with van der Waals surface area (Å²) in [6, 6.07) is 3.72. The van der Waals surface area contributed by atoms with Crippen LogP contribution in [0.4, 0.5) is 4.39 Å². The van der Waals surface area contributed by atoms with Crippen LogP contribution in [0.5, 0.6) is 0 Å². The average Bonchev–Trinajstić information content (AvgIpc) is 3.25. The number of hydrogen-bond acceptors (Lipinski definition) is 5. The van der Waals surface area contributed by atoms with E-state index in [2.05, 4.69) is 15.3 Å². The second-order valence-electron chi connectivity index (χ2n) is 9.71. The van der Waals surface area contributed by atoms with Crippen LogP contribution < -0.4 is 5.32 Å². The number of benzene rings is 1. The smallest absolute Gasteiger partial charge is 0.272 e. The Morgan fingerprint density at radius 2 is 1.94 bits per heavy atom. The number of amides is 2. The van der Waals surface area contributed by atoms with Gasteiger partial charge in [-0.15, -0.1) is 0 Å². The maximum atomic E-state index is 14.1. The first-order valence-electron chi connectivity index (χ1n) is 11.0. The standard InChI is InChI=1S/C24H27ClFN5O3/c1-24(2,3)21(32)22(33)29-19-12-30(5-4-18(19)14-6-15(25)8-16(26)7-14)23(34)20-11-27-9-17-10-28-13-31(17)20/h6-11,13,18-19,21,32H,4-5,12H2,1-3H3,(H,29,33)/t18-,19+,21+/m0/s1. The zero-order valence-corrected chi connectivity index (χ0v) is 20.0. The van der Waals surface area contributed by atoms with Gasteiger partial charge in [0.1, 0.15) is 17.6 Å². The molecule has 1 aromatic carbocycles. The van der Waals surface area contributed by atoms with Crippen molar-refractivity contribution in [3.05, 3.63) is 65.2 Å². The summed E-state index contributed by atoms with van der Waals surface area (Å²) in [6.07, 6.45) is 5.47. The van der Waals surface area contributed by atoms with E-state index >= 15 is 0 Å². The summed E-state index contributed by atoms with van der Waals surface area (Å²) in [4.78, 5) is 36.1. The Kier molecular flexibility index (Phi) is 6.60. The van der Waals surface area contributed by atoms with E-state index in [1.165, 1.54) is 18.3 Å². The van der Waals surface area contributed by atoms with E-state index < -0.39 is 29.3 Å². The molecule has 8 nitrogen and oxygen atoms in total. The van der Waals surface area contributed by atoms with Gasteiger partial charge in [-0.3, -0.25) is 19.0 Å². The number of fused-ring (bicyclic) bond motifs is 1. The molecule has 3 aromatic rings. The quantitative estimate of drug-likeness (QED) is 0.589. The number of nitrogens with zero attached hydrogens (tertiary/aromatic N) is 4. The summed E-state index contributed by atoms with van der Waals surface area (Å²) in [5, 5.41) is 13.6. The molecule has 1 aliphatic heterocycles. The number of aliphatic hydroxyl groups excluding tert-OH is 1. The number of nitrogens with one attached hydrogen (secondary N) is 1. The number of aromatic nitrogens is 3. The molecule has 10 heteroatoms. The number of hydrogen-bond donors (Lipinski definition) is 2. The average molecular weight is 488 g/mol. The van der Waals surface area contributed by atoms with Crippen LogP contribution in [0.3, 0.4) is 0 Å². The van der Waals surface area contributed by atoms with E-state index in [-0.39, 0.29) is 23.4 Å². The molecule has 180 valence electrons. The van der Waals surface area contributed by atoms with E-state index in [0.717, 1.165) is 0 Å². The molecule has 1 aliphatic rings. The van der Waals surface area contributed by atoms with Crippen molar-refractivity contribution in [2.75, 3.05) is 13.1 Å². The van der Waals surface area contributed by atoms with Crippen molar-refractivity contribution in [1.82, 2.24) is 24.6 Å². The fraction of sp³-hybridized carbons (Fsp3) is 0.417. The molecular weight excluding hydrogens is 461 g/mol. The van der Waals surface area contributed by atoms with Gasteiger partial charge in [0.15, 0.2) is 0 Å². The third kappa shape index (κ3) is 4.90. The van der Waals surface area contributed by atoms with Crippen LogP contribution >= 0.6 is 11.6 Å². The van der Waals surface area contributed by atoms with Crippen LogP contribution in [0.15, 0.2) is 43.1 Å². The number of imidazole rings is 1. The summed E-state index contributed by atoms with van der Waals surface area (Å²) in [5.41, 5.74) is 0.996. The first-order valence-corrected chi connectivity index (χ1v) is 11.4. The van der Waals surface area contributed by atoms with Crippen molar-refractivity contribution in [3.8, 4) is 0 Å². The van der Waals surface area contributed by atoms with Crippen molar-refractivity contribution in [1.29, 1.82) is 0 Å². The van der Waals surface area contributed by atoms with Gasteiger partial charge in [0.2, 0.25) is 5.91 Å². The fourth-order valence-corrected chi connectivity index (χ4v) is 4.52. The first kappa shape index (κ1) is 24.1. The van der Waals surface area contributed by atoms with Gasteiger partial charge in [-0.1, -0.05) is 32.4 Å². The van der Waals surface area contributed by atoms with Crippen LogP contribution in [0.1, 0.15) is 49.2 Å². The van der Waals surface area contributed by atoms with Crippen molar-refractivity contribution in [2.45, 2.75) is 45.3 Å². The normalized spacial score (nSPS) is 19.8. The second-order valence-corrected chi connectivity index (χ2v) is 10.2. The highest BCUT2D eigenvalue weighted by Crippen LogP contribution is 2.32. The van der Waals surface area contributed by atoms with Crippen LogP contribution in [-0.2, 0) is 4.79 Å². The molecule has 2 aromatic heterocycles. The van der Waals surface area contributed by atoms with Crippen LogP contribution in [0, 0.1) is 11.2 Å². The number of aliphatic hydroxyl groups is 1. The molecular formula is C24H27ClFN5O3. The number of carbonyl (C=O) groups is 2. The van der Waals surface area contributed by atoms with Gasteiger partial charge in [0.25, 0.3) is 5.91 Å². The highest BCUT2D eigenvalue weighted by molar-refractivity contribution is 6.30. The van der Waals surface area contributed by atoms with Crippen LogP contribution in [0.25, 0.3) is 5.52 Å². The van der Waals surface area contributed by atoms with E-state index in [1.807, 2.05) is 0 Å². The topological polar surface area (TPSA) is 99.8 Å². The zero-order valence-electron chi connectivity index (χ0n) is 19.2. The van der Waals surface area contributed by atoms with Crippen molar-refractivity contribution < 1.29 is 19.1 Å². The third-order valence-corrected chi connectivity index (χ3v) is 6.38. The van der Waals surface area contributed by atoms with E-state index in [0.29, 0.717) is 29.7 Å². The molecule has 34 heavy (non-hydrogen) atoms. The largest absolute Gasteiger partial charge is 0.383 e. The van der Waals surface area contributed by atoms with Crippen molar-refractivity contribution >= 4 is 28.9 Å². The highest BCUT2D eigenvalue weighted by Gasteiger charge is 2.37. The van der Waals surface area contributed by atoms with Gasteiger partial charge in [-0.25, -0.2) is 9.37 Å². The second kappa shape index (κ2) is 9.31. The predicted octanol–water partition coefficient (Wildman–Crippen LogP) is 3.04. The molecule has 0 saturated carbocycles. The molecule has 0 aliphatic carbocycles. The minimum absolute atomic E-state index is 0.172. The lowest BCUT2D eigenvalue weighted by atomic mass is 9.83. The maximum absolute atomic E-state index is 14.1. The Bertz CT molecular complexity index is 1200. The molecule has 3 heterocycles. The number of likely N-dealkylation sites (tertiary alicyclic amines) is 1. The van der Waals surface area contributed by atoms with Crippen LogP contribution in [0.2, 0.25) is 5.02 Å². The minimum Gasteiger partial charge on any atom is -0.383 e. The number of carbonyl (C=O) groups excluding carboxylic acids is 2. The molecule has 4 rings (SSSR count). The Morgan fingerprint density at radius 1 is 1.21 bits per heavy atom. The third-order valence-electron chi connectivity index (χ3n) is 6.16. The summed E-state index contributed by atoms with van der Waals surface area (Å²) >= 11 is 6.09. The molecule has 0 radical (unpaired) electrons. The number of rotatable bonds is 4. The summed E-state index contributed by atoms with van der Waals surface area (Å²) in [5.74, 6) is -1.57. The number of halogens is 2. The molecule has 1 fully saturated rings. The first-order chi connectivity index (χ1) is 16.0. The van der Waals surface area contributed by atoms with E-state index in [9.17, 15) is 19.1 Å². The summed E-state index contributed by atoms with van der Waals surface area (Å²) in [6.45, 7) is 5.84. The molecule has 0 spiro atoms. The molecule has 1 saturated heterocycles. The maximum Gasteiger partial charge on any atom is 0.272 e. The number of piperidine rings is 1. The van der Waals surface area contributed by atoms with Gasteiger partial charge in [0, 0.05) is 24.0 Å². The summed E-state index contributed by atoms with van der Waals surface area (Å²) < 4.78 is 15.8.